The van der Waals surface area contributed by atoms with Gasteiger partial charge < -0.3 is 29.6 Å². The Kier molecular flexibility index (Phi) is 18.2. The highest BCUT2D eigenvalue weighted by Gasteiger charge is 2.35. The number of carbonyl (C=O) groups is 2. The van der Waals surface area contributed by atoms with E-state index in [0.717, 1.165) is 38.5 Å². The summed E-state index contributed by atoms with van der Waals surface area (Å²) in [4.78, 5) is 25.2. The third kappa shape index (κ3) is 16.3. The second-order valence-electron chi connectivity index (χ2n) is 13.6. The molecule has 0 radical (unpaired) electrons. The summed E-state index contributed by atoms with van der Waals surface area (Å²) in [6.45, 7) is 7.35. The number of amides is 2. The van der Waals surface area contributed by atoms with Gasteiger partial charge in [-0.05, 0) is 102 Å². The zero-order chi connectivity index (χ0) is 32.9. The minimum Gasteiger partial charge on any atom is -0.443 e. The largest absolute Gasteiger partial charge is 0.443 e. The molecule has 0 bridgehead atoms. The first-order chi connectivity index (χ1) is 20.6. The van der Waals surface area contributed by atoms with Gasteiger partial charge in [0.15, 0.2) is 0 Å². The Morgan fingerprint density at radius 1 is 0.932 bits per heavy atom. The van der Waals surface area contributed by atoms with Crippen molar-refractivity contribution in [3.8, 4) is 0 Å². The number of nitrogens with one attached hydrogen (secondary N) is 2. The fraction of sp³-hybridized carbons (Fsp3) is 0.931. The van der Waals surface area contributed by atoms with E-state index in [1.54, 1.807) is 14.2 Å². The van der Waals surface area contributed by atoms with Crippen LogP contribution in [0.5, 0.6) is 0 Å². The highest BCUT2D eigenvalue weighted by atomic mass is 33.1. The molecule has 0 aromatic carbocycles. The molecule has 2 amide bonds. The van der Waals surface area contributed by atoms with Gasteiger partial charge in [-0.3, -0.25) is 4.21 Å². The van der Waals surface area contributed by atoms with Crippen LogP contribution in [0.4, 0.5) is 13.5 Å². The van der Waals surface area contributed by atoms with E-state index in [1.165, 1.54) is 12.2 Å². The van der Waals surface area contributed by atoms with E-state index in [1.807, 2.05) is 8.44 Å². The standard InChI is InChI=1S/C29H60FN2O7P3S2/c1-20(10-13-31-27(33)38-23-9-7-22(17-26(23)37-5)12-15-44(30,35)42)18-29(2,3)19-32-28(34)39-24-8-6-21(11-14-43(40)41)16-25(24)36-4/h20-26,43-44H,6-19,40-42H2,1-5H3,(H,31,33)(H,32,34). The number of halogens is 1. The number of ether oxygens (including phenoxy) is 4. The summed E-state index contributed by atoms with van der Waals surface area (Å²) in [6.07, 6.45) is 6.48. The fourth-order valence-corrected chi connectivity index (χ4v) is 9.28. The molecule has 0 heterocycles. The van der Waals surface area contributed by atoms with Crippen molar-refractivity contribution in [2.75, 3.05) is 38.8 Å². The number of rotatable bonds is 17. The lowest BCUT2D eigenvalue weighted by molar-refractivity contribution is -0.0576. The lowest BCUT2D eigenvalue weighted by atomic mass is 9.82. The van der Waals surface area contributed by atoms with Crippen molar-refractivity contribution >= 4 is 57.6 Å². The Morgan fingerprint density at radius 3 is 1.95 bits per heavy atom. The summed E-state index contributed by atoms with van der Waals surface area (Å²) in [5.74, 6) is 2.39. The number of thiol groups is 2. The predicted octanol–water partition coefficient (Wildman–Crippen LogP) is 6.30. The first-order valence-corrected chi connectivity index (χ1v) is 24.1. The van der Waals surface area contributed by atoms with E-state index in [4.69, 9.17) is 18.9 Å². The van der Waals surface area contributed by atoms with Crippen molar-refractivity contribution in [3.63, 3.8) is 0 Å². The lowest BCUT2D eigenvalue weighted by Gasteiger charge is -2.35. The first kappa shape index (κ1) is 40.4. The summed E-state index contributed by atoms with van der Waals surface area (Å²) in [5.41, 5.74) is -0.150. The molecule has 10 unspecified atom stereocenters. The maximum absolute atomic E-state index is 13.4. The molecule has 0 aromatic heterocycles. The van der Waals surface area contributed by atoms with E-state index in [0.29, 0.717) is 44.2 Å². The average Bonchev–Trinajstić information content (AvgIpc) is 2.94. The summed E-state index contributed by atoms with van der Waals surface area (Å²) in [7, 11) is 7.22. The number of hydrogen-bond acceptors (Lipinski definition) is 7. The van der Waals surface area contributed by atoms with Crippen molar-refractivity contribution in [2.45, 2.75) is 109 Å². The van der Waals surface area contributed by atoms with Gasteiger partial charge in [0, 0.05) is 43.0 Å². The third-order valence-corrected chi connectivity index (χ3v) is 12.9. The van der Waals surface area contributed by atoms with Crippen LogP contribution in [0.3, 0.4) is 0 Å². The molecule has 0 aromatic rings. The van der Waals surface area contributed by atoms with Crippen molar-refractivity contribution in [1.82, 2.24) is 10.6 Å². The summed E-state index contributed by atoms with van der Waals surface area (Å²) in [6, 6.07) is 0. The second kappa shape index (κ2) is 19.9. The van der Waals surface area contributed by atoms with E-state index >= 15 is 0 Å². The molecule has 0 aliphatic heterocycles. The Morgan fingerprint density at radius 2 is 1.45 bits per heavy atom. The molecule has 2 rings (SSSR count). The van der Waals surface area contributed by atoms with E-state index in [2.05, 4.69) is 48.3 Å². The van der Waals surface area contributed by atoms with Gasteiger partial charge in [0.25, 0.3) is 0 Å². The van der Waals surface area contributed by atoms with Crippen LogP contribution in [-0.2, 0) is 28.9 Å². The van der Waals surface area contributed by atoms with Gasteiger partial charge in [-0.25, -0.2) is 19.7 Å². The second-order valence-corrected chi connectivity index (χ2v) is 25.0. The molecule has 2 aliphatic carbocycles. The van der Waals surface area contributed by atoms with Crippen LogP contribution in [0, 0.1) is 23.2 Å². The SMILES string of the molecule is COC1CC(CC[SH](=O)(F)P)CCC1OC(=O)NCCC(C)CC(C)(C)CNC(=O)OC1CCC(CC[SH](P)P)CC1OC. The quantitative estimate of drug-likeness (QED) is 0.0792. The van der Waals surface area contributed by atoms with Gasteiger partial charge >= 0.3 is 12.2 Å². The zero-order valence-corrected chi connectivity index (χ0v) is 32.6. The first-order valence-electron chi connectivity index (χ1n) is 15.9. The lowest BCUT2D eigenvalue weighted by Crippen LogP contribution is -2.43. The number of hydrogen-bond donors (Lipinski definition) is 4. The fourth-order valence-electron chi connectivity index (χ4n) is 6.56. The number of carbonyl (C=O) groups excluding carboxylic acids is 2. The topological polar surface area (TPSA) is 112 Å². The minimum absolute atomic E-state index is 0.0493. The maximum atomic E-state index is 13.4. The van der Waals surface area contributed by atoms with Crippen LogP contribution >= 0.6 is 35.5 Å². The summed E-state index contributed by atoms with van der Waals surface area (Å²) in [5, 5.41) is 5.82. The molecule has 2 saturated carbocycles. The molecular weight excluding hydrogens is 664 g/mol. The zero-order valence-electron chi connectivity index (χ0n) is 27.3. The predicted molar refractivity (Wildman–Crippen MR) is 193 cm³/mol. The molecule has 15 heteroatoms. The highest BCUT2D eigenvalue weighted by molar-refractivity contribution is 8.82. The minimum atomic E-state index is -3.61. The van der Waals surface area contributed by atoms with E-state index in [9.17, 15) is 17.7 Å². The van der Waals surface area contributed by atoms with Crippen molar-refractivity contribution < 1.29 is 36.6 Å². The molecule has 262 valence electrons. The Hall–Kier alpha value is 0.180. The molecule has 9 nitrogen and oxygen atoms in total. The molecule has 2 fully saturated rings. The Balaban J connectivity index is 1.66. The number of alkyl carbamates (subject to hydrolysis) is 2. The van der Waals surface area contributed by atoms with Crippen molar-refractivity contribution in [1.29, 1.82) is 0 Å². The normalized spacial score (nSPS) is 27.6. The molecule has 0 spiro atoms. The Bertz CT molecular complexity index is 933. The van der Waals surface area contributed by atoms with Crippen LogP contribution < -0.4 is 10.6 Å². The smallest absolute Gasteiger partial charge is 0.407 e. The van der Waals surface area contributed by atoms with Gasteiger partial charge in [-0.2, -0.15) is 3.89 Å². The third-order valence-electron chi connectivity index (χ3n) is 8.96. The molecule has 0 saturated heterocycles. The van der Waals surface area contributed by atoms with Crippen LogP contribution in [0.2, 0.25) is 0 Å². The van der Waals surface area contributed by atoms with Crippen molar-refractivity contribution in [3.05, 3.63) is 0 Å². The molecule has 10 atom stereocenters. The average molecular weight is 725 g/mol. The summed E-state index contributed by atoms with van der Waals surface area (Å²) >= 11 is 0. The van der Waals surface area contributed by atoms with Crippen LogP contribution in [0.1, 0.15) is 85.0 Å². The molecule has 2 aliphatic rings. The van der Waals surface area contributed by atoms with Gasteiger partial charge in [0.1, 0.15) is 12.2 Å². The van der Waals surface area contributed by atoms with Gasteiger partial charge in [-0.15, -0.1) is 0 Å². The van der Waals surface area contributed by atoms with Gasteiger partial charge in [0.05, 0.1) is 12.2 Å². The molecular formula is C29H60FN2O7P3S2. The van der Waals surface area contributed by atoms with E-state index < -0.39 is 22.1 Å². The van der Waals surface area contributed by atoms with Crippen LogP contribution in [-0.4, -0.2) is 79.6 Å². The van der Waals surface area contributed by atoms with Crippen molar-refractivity contribution in [2.24, 2.45) is 23.2 Å². The molecule has 2 N–H and O–H groups in total. The van der Waals surface area contributed by atoms with Crippen LogP contribution in [0.25, 0.3) is 0 Å². The monoisotopic (exact) mass is 724 g/mol. The van der Waals surface area contributed by atoms with Gasteiger partial charge in [-0.1, -0.05) is 37.7 Å². The highest BCUT2D eigenvalue weighted by Crippen LogP contribution is 2.44. The molecule has 44 heavy (non-hydrogen) atoms. The Labute approximate surface area is 275 Å². The van der Waals surface area contributed by atoms with E-state index in [-0.39, 0.29) is 51.6 Å². The maximum Gasteiger partial charge on any atom is 0.407 e. The van der Waals surface area contributed by atoms with Crippen LogP contribution in [0.15, 0.2) is 0 Å². The van der Waals surface area contributed by atoms with Gasteiger partial charge in [0.2, 0.25) is 0 Å². The number of methoxy groups -OCH3 is 2. The summed E-state index contributed by atoms with van der Waals surface area (Å²) < 4.78 is 47.5.